The Labute approximate surface area is 160 Å². The third kappa shape index (κ3) is 5.30. The van der Waals surface area contributed by atoms with Crippen LogP contribution in [0.5, 0.6) is 5.75 Å². The van der Waals surface area contributed by atoms with E-state index in [2.05, 4.69) is 16.3 Å². The maximum Gasteiger partial charge on any atom is 0.220 e. The monoisotopic (exact) mass is 370 g/mol. The van der Waals surface area contributed by atoms with Crippen molar-refractivity contribution < 1.29 is 13.9 Å². The number of amides is 1. The first-order valence-electron chi connectivity index (χ1n) is 9.55. The van der Waals surface area contributed by atoms with Gasteiger partial charge in [0.25, 0.3) is 0 Å². The number of methoxy groups -OCH3 is 1. The van der Waals surface area contributed by atoms with Gasteiger partial charge in [0.2, 0.25) is 5.91 Å². The normalized spacial score (nSPS) is 15.5. The standard InChI is InChI=1S/C22H27FN2O2/c1-27-21-7-3-2-6-19(21)20(25-14-4-5-15-25)16-24-22(26)13-10-17-8-11-18(23)12-9-17/h2-3,6-9,11-12,20H,4-5,10,13-16H2,1H3,(H,24,26). The van der Waals surface area contributed by atoms with Crippen molar-refractivity contribution in [2.45, 2.75) is 31.7 Å². The fraction of sp³-hybridized carbons (Fsp3) is 0.409. The summed E-state index contributed by atoms with van der Waals surface area (Å²) in [5.74, 6) is 0.613. The largest absolute Gasteiger partial charge is 0.496 e. The number of rotatable bonds is 8. The summed E-state index contributed by atoms with van der Waals surface area (Å²) in [7, 11) is 1.68. The lowest BCUT2D eigenvalue weighted by Crippen LogP contribution is -2.37. The molecule has 0 aliphatic carbocycles. The van der Waals surface area contributed by atoms with E-state index >= 15 is 0 Å². The number of ether oxygens (including phenoxy) is 1. The smallest absolute Gasteiger partial charge is 0.220 e. The fourth-order valence-electron chi connectivity index (χ4n) is 3.64. The number of likely N-dealkylation sites (tertiary alicyclic amines) is 1. The highest BCUT2D eigenvalue weighted by Gasteiger charge is 2.26. The Balaban J connectivity index is 1.60. The lowest BCUT2D eigenvalue weighted by atomic mass is 10.0. The predicted octanol–water partition coefficient (Wildman–Crippen LogP) is 3.72. The average Bonchev–Trinajstić information content (AvgIpc) is 3.22. The van der Waals surface area contributed by atoms with E-state index in [0.717, 1.165) is 30.0 Å². The maximum atomic E-state index is 13.0. The molecule has 0 spiro atoms. The molecule has 0 saturated carbocycles. The van der Waals surface area contributed by atoms with Gasteiger partial charge in [0.1, 0.15) is 11.6 Å². The Morgan fingerprint density at radius 2 is 1.85 bits per heavy atom. The van der Waals surface area contributed by atoms with Crippen LogP contribution >= 0.6 is 0 Å². The summed E-state index contributed by atoms with van der Waals surface area (Å²) in [6.07, 6.45) is 3.37. The second kappa shape index (κ2) is 9.51. The molecule has 3 rings (SSSR count). The minimum atomic E-state index is -0.256. The van der Waals surface area contributed by atoms with Crippen molar-refractivity contribution in [1.82, 2.24) is 10.2 Å². The van der Waals surface area contributed by atoms with Crippen molar-refractivity contribution in [3.05, 3.63) is 65.5 Å². The second-order valence-corrected chi connectivity index (χ2v) is 6.93. The summed E-state index contributed by atoms with van der Waals surface area (Å²) < 4.78 is 18.5. The number of hydrogen-bond acceptors (Lipinski definition) is 3. The van der Waals surface area contributed by atoms with Crippen LogP contribution in [0, 0.1) is 5.82 Å². The molecule has 0 aromatic heterocycles. The molecule has 27 heavy (non-hydrogen) atoms. The van der Waals surface area contributed by atoms with E-state index in [-0.39, 0.29) is 17.8 Å². The molecule has 144 valence electrons. The first-order chi connectivity index (χ1) is 13.2. The average molecular weight is 370 g/mol. The Morgan fingerprint density at radius 3 is 2.56 bits per heavy atom. The van der Waals surface area contributed by atoms with Crippen molar-refractivity contribution in [1.29, 1.82) is 0 Å². The first-order valence-corrected chi connectivity index (χ1v) is 9.55. The highest BCUT2D eigenvalue weighted by molar-refractivity contribution is 5.76. The number of aryl methyl sites for hydroxylation is 1. The molecule has 1 saturated heterocycles. The van der Waals surface area contributed by atoms with E-state index < -0.39 is 0 Å². The minimum absolute atomic E-state index is 0.0124. The zero-order valence-electron chi connectivity index (χ0n) is 15.8. The lowest BCUT2D eigenvalue weighted by Gasteiger charge is -2.29. The van der Waals surface area contributed by atoms with E-state index in [1.807, 2.05) is 18.2 Å². The highest BCUT2D eigenvalue weighted by Crippen LogP contribution is 2.31. The van der Waals surface area contributed by atoms with Crippen molar-refractivity contribution in [2.24, 2.45) is 0 Å². The Kier molecular flexibility index (Phi) is 6.82. The van der Waals surface area contributed by atoms with E-state index in [9.17, 15) is 9.18 Å². The number of carbonyl (C=O) groups excluding carboxylic acids is 1. The molecule has 0 bridgehead atoms. The number of nitrogens with zero attached hydrogens (tertiary/aromatic N) is 1. The van der Waals surface area contributed by atoms with Crippen LogP contribution in [-0.4, -0.2) is 37.6 Å². The van der Waals surface area contributed by atoms with Gasteiger partial charge in [0.15, 0.2) is 0 Å². The van der Waals surface area contributed by atoms with Crippen molar-refractivity contribution in [3.8, 4) is 5.75 Å². The molecule has 2 aromatic rings. The SMILES string of the molecule is COc1ccccc1C(CNC(=O)CCc1ccc(F)cc1)N1CCCC1. The Morgan fingerprint density at radius 1 is 1.15 bits per heavy atom. The van der Waals surface area contributed by atoms with Crippen LogP contribution in [-0.2, 0) is 11.2 Å². The van der Waals surface area contributed by atoms with Crippen molar-refractivity contribution in [3.63, 3.8) is 0 Å². The van der Waals surface area contributed by atoms with Crippen molar-refractivity contribution in [2.75, 3.05) is 26.7 Å². The topological polar surface area (TPSA) is 41.6 Å². The van der Waals surface area contributed by atoms with Gasteiger partial charge in [0, 0.05) is 18.5 Å². The highest BCUT2D eigenvalue weighted by atomic mass is 19.1. The van der Waals surface area contributed by atoms with Gasteiger partial charge in [-0.05, 0) is 56.1 Å². The molecule has 5 heteroatoms. The molecule has 1 atom stereocenters. The van der Waals surface area contributed by atoms with Gasteiger partial charge in [-0.25, -0.2) is 4.39 Å². The van der Waals surface area contributed by atoms with E-state index in [4.69, 9.17) is 4.74 Å². The molecule has 1 N–H and O–H groups in total. The minimum Gasteiger partial charge on any atom is -0.496 e. The summed E-state index contributed by atoms with van der Waals surface area (Å²) in [6, 6.07) is 14.4. The summed E-state index contributed by atoms with van der Waals surface area (Å²) in [6.45, 7) is 2.63. The molecule has 1 unspecified atom stereocenters. The number of halogens is 1. The van der Waals surface area contributed by atoms with Gasteiger partial charge < -0.3 is 10.1 Å². The molecular formula is C22H27FN2O2. The quantitative estimate of drug-likeness (QED) is 0.770. The summed E-state index contributed by atoms with van der Waals surface area (Å²) in [4.78, 5) is 14.8. The molecule has 0 radical (unpaired) electrons. The molecule has 1 aliphatic heterocycles. The predicted molar refractivity (Wildman–Crippen MR) is 104 cm³/mol. The van der Waals surface area contributed by atoms with Gasteiger partial charge in [-0.15, -0.1) is 0 Å². The third-order valence-electron chi connectivity index (χ3n) is 5.13. The van der Waals surface area contributed by atoms with E-state index in [1.54, 1.807) is 19.2 Å². The number of benzene rings is 2. The third-order valence-corrected chi connectivity index (χ3v) is 5.13. The number of carbonyl (C=O) groups is 1. The van der Waals surface area contributed by atoms with Crippen LogP contribution in [0.25, 0.3) is 0 Å². The van der Waals surface area contributed by atoms with Crippen LogP contribution in [0.15, 0.2) is 48.5 Å². The second-order valence-electron chi connectivity index (χ2n) is 6.93. The molecule has 4 nitrogen and oxygen atoms in total. The van der Waals surface area contributed by atoms with Crippen molar-refractivity contribution >= 4 is 5.91 Å². The summed E-state index contributed by atoms with van der Waals surface area (Å²) >= 11 is 0. The molecule has 1 amide bonds. The molecule has 2 aromatic carbocycles. The number of para-hydroxylation sites is 1. The molecule has 1 fully saturated rings. The Bertz CT molecular complexity index is 742. The fourth-order valence-corrected chi connectivity index (χ4v) is 3.64. The van der Waals surface area contributed by atoms with E-state index in [1.165, 1.54) is 25.0 Å². The van der Waals surface area contributed by atoms with Gasteiger partial charge in [-0.1, -0.05) is 30.3 Å². The van der Waals surface area contributed by atoms with Gasteiger partial charge >= 0.3 is 0 Å². The zero-order valence-corrected chi connectivity index (χ0v) is 15.8. The zero-order chi connectivity index (χ0) is 19.1. The number of nitrogens with one attached hydrogen (secondary N) is 1. The van der Waals surface area contributed by atoms with Crippen LogP contribution in [0.1, 0.15) is 36.4 Å². The van der Waals surface area contributed by atoms with Crippen LogP contribution in [0.4, 0.5) is 4.39 Å². The van der Waals surface area contributed by atoms with Gasteiger partial charge in [-0.3, -0.25) is 9.69 Å². The molecule has 1 heterocycles. The van der Waals surface area contributed by atoms with Crippen LogP contribution < -0.4 is 10.1 Å². The van der Waals surface area contributed by atoms with Crippen LogP contribution in [0.3, 0.4) is 0 Å². The Hall–Kier alpha value is -2.40. The number of hydrogen-bond donors (Lipinski definition) is 1. The molecule has 1 aliphatic rings. The lowest BCUT2D eigenvalue weighted by molar-refractivity contribution is -0.121. The summed E-state index contributed by atoms with van der Waals surface area (Å²) in [5.41, 5.74) is 2.08. The van der Waals surface area contributed by atoms with Gasteiger partial charge in [-0.2, -0.15) is 0 Å². The first kappa shape index (κ1) is 19.4. The summed E-state index contributed by atoms with van der Waals surface area (Å²) in [5, 5.41) is 3.08. The van der Waals surface area contributed by atoms with E-state index in [0.29, 0.717) is 19.4 Å². The van der Waals surface area contributed by atoms with Gasteiger partial charge in [0.05, 0.1) is 13.2 Å². The van der Waals surface area contributed by atoms with Crippen LogP contribution in [0.2, 0.25) is 0 Å². The molecular weight excluding hydrogens is 343 g/mol. The maximum absolute atomic E-state index is 13.0.